The van der Waals surface area contributed by atoms with Crippen molar-refractivity contribution in [2.24, 2.45) is 11.8 Å². The molecule has 106 valence electrons. The van der Waals surface area contributed by atoms with Gasteiger partial charge in [0, 0.05) is 29.7 Å². The third kappa shape index (κ3) is 1.74. The Labute approximate surface area is 121 Å². The van der Waals surface area contributed by atoms with E-state index in [0.29, 0.717) is 6.04 Å². The molecule has 20 heavy (non-hydrogen) atoms. The molecule has 1 unspecified atom stereocenters. The first-order valence-electron chi connectivity index (χ1n) is 8.11. The van der Waals surface area contributed by atoms with Crippen LogP contribution < -0.4 is 0 Å². The maximum absolute atomic E-state index is 3.73. The zero-order valence-corrected chi connectivity index (χ0v) is 12.5. The molecule has 0 saturated carbocycles. The Hall–Kier alpha value is -1.28. The van der Waals surface area contributed by atoms with Gasteiger partial charge in [0.15, 0.2) is 0 Å². The number of fused-ring (bicyclic) bond motifs is 5. The molecule has 2 heteroatoms. The highest BCUT2D eigenvalue weighted by Gasteiger charge is 2.37. The van der Waals surface area contributed by atoms with E-state index in [4.69, 9.17) is 0 Å². The van der Waals surface area contributed by atoms with E-state index < -0.39 is 0 Å². The first-order chi connectivity index (χ1) is 9.78. The van der Waals surface area contributed by atoms with Gasteiger partial charge < -0.3 is 4.98 Å². The molecule has 2 aromatic rings. The first-order valence-corrected chi connectivity index (χ1v) is 8.11. The summed E-state index contributed by atoms with van der Waals surface area (Å²) >= 11 is 0. The lowest BCUT2D eigenvalue weighted by molar-refractivity contribution is 0.0576. The maximum Gasteiger partial charge on any atom is 0.0504 e. The molecule has 1 saturated heterocycles. The number of nitrogens with one attached hydrogen (secondary N) is 1. The van der Waals surface area contributed by atoms with Crippen LogP contribution in [0.5, 0.6) is 0 Å². The van der Waals surface area contributed by atoms with Crippen molar-refractivity contribution in [2.75, 3.05) is 13.1 Å². The predicted molar refractivity (Wildman–Crippen MR) is 83.9 cm³/mol. The number of nitrogens with zero attached hydrogens (tertiary/aromatic N) is 1. The van der Waals surface area contributed by atoms with E-state index in [1.807, 2.05) is 0 Å². The molecule has 0 aliphatic carbocycles. The van der Waals surface area contributed by atoms with E-state index >= 15 is 0 Å². The number of aromatic amines is 1. The number of benzene rings is 1. The molecule has 2 aliphatic heterocycles. The standard InChI is InChI=1S/C18H24N2/c1-3-13-11-20-9-8-15-14-6-4-5-7-16(14)19-18(15)17(20)10-12(13)2/h4-7,12-13,17,19H,3,8-11H2,1-2H3/t12-,13+,17?/m1/s1. The average Bonchev–Trinajstić information content (AvgIpc) is 2.85. The lowest BCUT2D eigenvalue weighted by atomic mass is 9.78. The van der Waals surface area contributed by atoms with Gasteiger partial charge in [0.25, 0.3) is 0 Å². The topological polar surface area (TPSA) is 19.0 Å². The minimum atomic E-state index is 0.629. The van der Waals surface area contributed by atoms with E-state index in [1.165, 1.54) is 48.9 Å². The third-order valence-electron chi connectivity index (χ3n) is 5.66. The molecule has 1 fully saturated rings. The normalized spacial score (nSPS) is 30.2. The van der Waals surface area contributed by atoms with E-state index in [9.17, 15) is 0 Å². The smallest absolute Gasteiger partial charge is 0.0504 e. The Morgan fingerprint density at radius 3 is 3.00 bits per heavy atom. The Morgan fingerprint density at radius 2 is 2.15 bits per heavy atom. The molecule has 0 spiro atoms. The van der Waals surface area contributed by atoms with Crippen LogP contribution in [0.2, 0.25) is 0 Å². The van der Waals surface area contributed by atoms with Crippen LogP contribution in [-0.2, 0) is 6.42 Å². The summed E-state index contributed by atoms with van der Waals surface area (Å²) in [5.74, 6) is 1.73. The molecular formula is C18H24N2. The Morgan fingerprint density at radius 1 is 1.30 bits per heavy atom. The van der Waals surface area contributed by atoms with Crippen molar-refractivity contribution in [2.45, 2.75) is 39.2 Å². The number of rotatable bonds is 1. The summed E-state index contributed by atoms with van der Waals surface area (Å²) < 4.78 is 0. The van der Waals surface area contributed by atoms with Gasteiger partial charge in [-0.15, -0.1) is 0 Å². The fourth-order valence-electron chi connectivity index (χ4n) is 4.41. The van der Waals surface area contributed by atoms with Crippen LogP contribution in [0.15, 0.2) is 24.3 Å². The molecule has 1 aromatic heterocycles. The summed E-state index contributed by atoms with van der Waals surface area (Å²) in [6.07, 6.45) is 3.85. The lowest BCUT2D eigenvalue weighted by Crippen LogP contribution is -2.45. The molecule has 0 amide bonds. The molecule has 1 aromatic carbocycles. The quantitative estimate of drug-likeness (QED) is 0.824. The Kier molecular flexibility index (Phi) is 2.88. The Bertz CT molecular complexity index is 627. The van der Waals surface area contributed by atoms with Crippen LogP contribution in [0.25, 0.3) is 10.9 Å². The van der Waals surface area contributed by atoms with Gasteiger partial charge in [-0.3, -0.25) is 4.90 Å². The average molecular weight is 268 g/mol. The number of hydrogen-bond acceptors (Lipinski definition) is 1. The predicted octanol–water partition coefficient (Wildman–Crippen LogP) is 4.13. The van der Waals surface area contributed by atoms with E-state index in [2.05, 4.69) is 48.0 Å². The van der Waals surface area contributed by atoms with Crippen LogP contribution in [0, 0.1) is 11.8 Å². The van der Waals surface area contributed by atoms with Gasteiger partial charge in [-0.1, -0.05) is 38.5 Å². The molecule has 3 heterocycles. The molecule has 2 nitrogen and oxygen atoms in total. The van der Waals surface area contributed by atoms with E-state index in [0.717, 1.165) is 11.8 Å². The first kappa shape index (κ1) is 12.5. The van der Waals surface area contributed by atoms with Crippen molar-refractivity contribution in [3.8, 4) is 0 Å². The van der Waals surface area contributed by atoms with Crippen LogP contribution in [0.4, 0.5) is 0 Å². The molecular weight excluding hydrogens is 244 g/mol. The summed E-state index contributed by atoms with van der Waals surface area (Å²) in [7, 11) is 0. The minimum Gasteiger partial charge on any atom is -0.357 e. The number of H-pyrrole nitrogens is 1. The number of aromatic nitrogens is 1. The largest absolute Gasteiger partial charge is 0.357 e. The SMILES string of the molecule is CC[C@H]1CN2CCc3c([nH]c4ccccc34)C2C[C@H]1C. The van der Waals surface area contributed by atoms with Crippen molar-refractivity contribution < 1.29 is 0 Å². The molecule has 2 aliphatic rings. The molecule has 0 radical (unpaired) electrons. The number of para-hydroxylation sites is 1. The Balaban J connectivity index is 1.76. The summed E-state index contributed by atoms with van der Waals surface area (Å²) in [5, 5.41) is 1.45. The zero-order valence-electron chi connectivity index (χ0n) is 12.5. The number of piperidine rings is 1. The second-order valence-electron chi connectivity index (χ2n) is 6.70. The van der Waals surface area contributed by atoms with Gasteiger partial charge in [0.2, 0.25) is 0 Å². The zero-order chi connectivity index (χ0) is 13.7. The molecule has 0 bridgehead atoms. The molecule has 1 N–H and O–H groups in total. The summed E-state index contributed by atoms with van der Waals surface area (Å²) in [4.78, 5) is 6.46. The maximum atomic E-state index is 3.73. The summed E-state index contributed by atoms with van der Waals surface area (Å²) in [5.41, 5.74) is 4.42. The highest BCUT2D eigenvalue weighted by Crippen LogP contribution is 2.43. The second-order valence-corrected chi connectivity index (χ2v) is 6.70. The van der Waals surface area contributed by atoms with Crippen molar-refractivity contribution in [1.29, 1.82) is 0 Å². The van der Waals surface area contributed by atoms with Crippen molar-refractivity contribution in [3.63, 3.8) is 0 Å². The summed E-state index contributed by atoms with van der Waals surface area (Å²) in [6, 6.07) is 9.43. The van der Waals surface area contributed by atoms with Crippen LogP contribution >= 0.6 is 0 Å². The van der Waals surface area contributed by atoms with Crippen molar-refractivity contribution >= 4 is 10.9 Å². The minimum absolute atomic E-state index is 0.629. The van der Waals surface area contributed by atoms with E-state index in [-0.39, 0.29) is 0 Å². The molecule has 4 rings (SSSR count). The van der Waals surface area contributed by atoms with E-state index in [1.54, 1.807) is 5.56 Å². The van der Waals surface area contributed by atoms with Crippen molar-refractivity contribution in [3.05, 3.63) is 35.5 Å². The van der Waals surface area contributed by atoms with Crippen LogP contribution in [-0.4, -0.2) is 23.0 Å². The van der Waals surface area contributed by atoms with Gasteiger partial charge in [-0.25, -0.2) is 0 Å². The monoisotopic (exact) mass is 268 g/mol. The van der Waals surface area contributed by atoms with Crippen molar-refractivity contribution in [1.82, 2.24) is 9.88 Å². The fourth-order valence-corrected chi connectivity index (χ4v) is 4.41. The second kappa shape index (κ2) is 4.63. The number of hydrogen-bond donors (Lipinski definition) is 1. The van der Waals surface area contributed by atoms with Gasteiger partial charge >= 0.3 is 0 Å². The molecule has 3 atom stereocenters. The van der Waals surface area contributed by atoms with Gasteiger partial charge in [-0.2, -0.15) is 0 Å². The van der Waals surface area contributed by atoms with Gasteiger partial charge in [0.05, 0.1) is 6.04 Å². The van der Waals surface area contributed by atoms with Crippen LogP contribution in [0.3, 0.4) is 0 Å². The highest BCUT2D eigenvalue weighted by molar-refractivity contribution is 5.85. The van der Waals surface area contributed by atoms with Gasteiger partial charge in [0.1, 0.15) is 0 Å². The third-order valence-corrected chi connectivity index (χ3v) is 5.66. The van der Waals surface area contributed by atoms with Crippen LogP contribution in [0.1, 0.15) is 44.0 Å². The van der Waals surface area contributed by atoms with Gasteiger partial charge in [-0.05, 0) is 36.3 Å². The highest BCUT2D eigenvalue weighted by atomic mass is 15.2. The fraction of sp³-hybridized carbons (Fsp3) is 0.556. The summed E-state index contributed by atoms with van der Waals surface area (Å²) in [6.45, 7) is 7.32. The lowest BCUT2D eigenvalue weighted by Gasteiger charge is -2.45.